The van der Waals surface area contributed by atoms with Gasteiger partial charge in [0.25, 0.3) is 0 Å². The summed E-state index contributed by atoms with van der Waals surface area (Å²) in [5, 5.41) is 4.09. The molecule has 3 aromatic rings. The lowest BCUT2D eigenvalue weighted by atomic mass is 9.82. The van der Waals surface area contributed by atoms with E-state index in [1.54, 1.807) is 0 Å². The molecule has 0 atom stereocenters. The second kappa shape index (κ2) is 11.1. The molecule has 184 valence electrons. The number of alkyl halides is 3. The molecule has 0 aromatic carbocycles. The van der Waals surface area contributed by atoms with Crippen molar-refractivity contribution in [3.63, 3.8) is 0 Å². The second-order valence-electron chi connectivity index (χ2n) is 8.82. The van der Waals surface area contributed by atoms with Gasteiger partial charge in [0.05, 0.1) is 41.9 Å². The number of hydrogen-bond donors (Lipinski definition) is 0. The van der Waals surface area contributed by atoms with Crippen LogP contribution in [0.1, 0.15) is 61.1 Å². The van der Waals surface area contributed by atoms with Crippen molar-refractivity contribution in [1.29, 1.82) is 0 Å². The van der Waals surface area contributed by atoms with Crippen LogP contribution in [-0.4, -0.2) is 57.7 Å². The number of anilines is 1. The van der Waals surface area contributed by atoms with Gasteiger partial charge in [0, 0.05) is 37.5 Å². The Labute approximate surface area is 197 Å². The Morgan fingerprint density at radius 2 is 1.65 bits per heavy atom. The lowest BCUT2D eigenvalue weighted by Gasteiger charge is -2.30. The van der Waals surface area contributed by atoms with Crippen molar-refractivity contribution in [3.8, 4) is 0 Å². The molecule has 1 aliphatic heterocycles. The van der Waals surface area contributed by atoms with Crippen LogP contribution < -0.4 is 4.90 Å². The highest BCUT2D eigenvalue weighted by Gasteiger charge is 2.26. The van der Waals surface area contributed by atoms with Crippen LogP contribution in [0.5, 0.6) is 0 Å². The SMILES string of the molecule is Cc1nc2cc(N3CCOCC3)nc(C3CCC3)c2nc1C.FC(F)F.c1cnn(C2CC2)c1. The van der Waals surface area contributed by atoms with Crippen LogP contribution >= 0.6 is 0 Å². The molecule has 2 saturated carbocycles. The molecule has 3 aliphatic rings. The first-order chi connectivity index (χ1) is 16.4. The summed E-state index contributed by atoms with van der Waals surface area (Å²) in [5.41, 5.74) is 5.16. The number of aryl methyl sites for hydroxylation is 2. The van der Waals surface area contributed by atoms with Crippen molar-refractivity contribution >= 4 is 16.9 Å². The standard InChI is InChI=1S/C17H22N4O.C6H8N2.CHF3/c1-11-12(2)19-17-14(18-11)10-15(21-6-8-22-9-7-21)20-16(17)13-4-3-5-13;1-4-7-8(5-1)6-2-3-6;2-1(3)4/h10,13H,3-9H2,1-2H3;1,4-6H,2-3H2;1H. The van der Waals surface area contributed by atoms with E-state index in [2.05, 4.69) is 16.1 Å². The maximum Gasteiger partial charge on any atom is 0.379 e. The van der Waals surface area contributed by atoms with Crippen LogP contribution in [-0.2, 0) is 4.74 Å². The van der Waals surface area contributed by atoms with E-state index in [4.69, 9.17) is 19.7 Å². The Hall–Kier alpha value is -2.75. The highest BCUT2D eigenvalue weighted by molar-refractivity contribution is 5.80. The van der Waals surface area contributed by atoms with Gasteiger partial charge in [0.1, 0.15) is 11.3 Å². The fraction of sp³-hybridized carbons (Fsp3) is 0.583. The van der Waals surface area contributed by atoms with E-state index in [1.165, 1.54) is 32.1 Å². The van der Waals surface area contributed by atoms with Crippen LogP contribution in [0, 0.1) is 13.8 Å². The molecule has 3 aromatic heterocycles. The summed E-state index contributed by atoms with van der Waals surface area (Å²) in [5.74, 6) is 1.59. The monoisotopic (exact) mass is 476 g/mol. The molecular formula is C24H31F3N6O. The first kappa shape index (κ1) is 24.4. The van der Waals surface area contributed by atoms with Gasteiger partial charge < -0.3 is 9.64 Å². The molecule has 0 unspecified atom stereocenters. The summed E-state index contributed by atoms with van der Waals surface area (Å²) in [7, 11) is 0. The molecule has 0 amide bonds. The van der Waals surface area contributed by atoms with E-state index < -0.39 is 6.68 Å². The fourth-order valence-electron chi connectivity index (χ4n) is 4.00. The largest absolute Gasteiger partial charge is 0.379 e. The predicted molar refractivity (Wildman–Crippen MR) is 124 cm³/mol. The first-order valence-corrected chi connectivity index (χ1v) is 11.8. The highest BCUT2D eigenvalue weighted by Crippen LogP contribution is 2.39. The third-order valence-electron chi connectivity index (χ3n) is 6.35. The molecule has 1 saturated heterocycles. The number of pyridine rings is 1. The van der Waals surface area contributed by atoms with Crippen LogP contribution in [0.25, 0.3) is 11.0 Å². The number of fused-ring (bicyclic) bond motifs is 1. The second-order valence-corrected chi connectivity index (χ2v) is 8.82. The first-order valence-electron chi connectivity index (χ1n) is 11.8. The van der Waals surface area contributed by atoms with E-state index in [-0.39, 0.29) is 0 Å². The third kappa shape index (κ3) is 6.22. The van der Waals surface area contributed by atoms with Gasteiger partial charge >= 0.3 is 6.68 Å². The summed E-state index contributed by atoms with van der Waals surface area (Å²) < 4.78 is 36.5. The van der Waals surface area contributed by atoms with E-state index in [0.29, 0.717) is 5.92 Å². The average Bonchev–Trinajstić information content (AvgIpc) is 3.48. The molecule has 4 heterocycles. The zero-order valence-electron chi connectivity index (χ0n) is 19.6. The summed E-state index contributed by atoms with van der Waals surface area (Å²) in [6, 6.07) is 4.81. The van der Waals surface area contributed by atoms with Gasteiger partial charge in [-0.25, -0.2) is 15.0 Å². The molecule has 10 heteroatoms. The topological polar surface area (TPSA) is 69.0 Å². The van der Waals surface area contributed by atoms with E-state index >= 15 is 0 Å². The average molecular weight is 477 g/mol. The van der Waals surface area contributed by atoms with Crippen molar-refractivity contribution in [2.75, 3.05) is 31.2 Å². The lowest BCUT2D eigenvalue weighted by Crippen LogP contribution is -2.37. The zero-order valence-corrected chi connectivity index (χ0v) is 19.6. The summed E-state index contributed by atoms with van der Waals surface area (Å²) in [6.07, 6.45) is 10.2. The fourth-order valence-corrected chi connectivity index (χ4v) is 4.00. The highest BCUT2D eigenvalue weighted by atomic mass is 19.4. The normalized spacial score (nSPS) is 18.1. The van der Waals surface area contributed by atoms with Crippen LogP contribution in [0.3, 0.4) is 0 Å². The number of hydrogen-bond acceptors (Lipinski definition) is 6. The van der Waals surface area contributed by atoms with Gasteiger partial charge in [0.2, 0.25) is 0 Å². The van der Waals surface area contributed by atoms with Gasteiger partial charge in [-0.3, -0.25) is 4.68 Å². The summed E-state index contributed by atoms with van der Waals surface area (Å²) in [4.78, 5) is 16.9. The molecule has 3 fully saturated rings. The molecule has 2 aliphatic carbocycles. The minimum atomic E-state index is -3.67. The minimum Gasteiger partial charge on any atom is -0.378 e. The van der Waals surface area contributed by atoms with Crippen molar-refractivity contribution < 1.29 is 17.9 Å². The molecule has 0 N–H and O–H groups in total. The molecule has 0 bridgehead atoms. The number of halogens is 3. The van der Waals surface area contributed by atoms with Crippen LogP contribution in [0.15, 0.2) is 24.5 Å². The Morgan fingerprint density at radius 3 is 2.21 bits per heavy atom. The van der Waals surface area contributed by atoms with Crippen molar-refractivity contribution in [2.24, 2.45) is 0 Å². The van der Waals surface area contributed by atoms with Crippen LogP contribution in [0.2, 0.25) is 0 Å². The summed E-state index contributed by atoms with van der Waals surface area (Å²) >= 11 is 0. The Morgan fingerprint density at radius 1 is 0.971 bits per heavy atom. The Kier molecular flexibility index (Phi) is 7.97. The van der Waals surface area contributed by atoms with Crippen molar-refractivity contribution in [2.45, 2.75) is 64.6 Å². The smallest absolute Gasteiger partial charge is 0.378 e. The Bertz CT molecular complexity index is 1060. The molecule has 7 nitrogen and oxygen atoms in total. The molecule has 6 rings (SSSR count). The number of nitrogens with zero attached hydrogens (tertiary/aromatic N) is 6. The maximum absolute atomic E-state index is 9.67. The van der Waals surface area contributed by atoms with Gasteiger partial charge in [0.15, 0.2) is 0 Å². The molecule has 34 heavy (non-hydrogen) atoms. The van der Waals surface area contributed by atoms with Gasteiger partial charge in [-0.1, -0.05) is 6.42 Å². The van der Waals surface area contributed by atoms with Gasteiger partial charge in [-0.2, -0.15) is 18.3 Å². The van der Waals surface area contributed by atoms with E-state index in [1.807, 2.05) is 37.0 Å². The van der Waals surface area contributed by atoms with Crippen LogP contribution in [0.4, 0.5) is 19.0 Å². The number of ether oxygens (including phenoxy) is 1. The number of rotatable bonds is 3. The third-order valence-corrected chi connectivity index (χ3v) is 6.35. The molecular weight excluding hydrogens is 445 g/mol. The van der Waals surface area contributed by atoms with E-state index in [0.717, 1.165) is 66.3 Å². The van der Waals surface area contributed by atoms with Gasteiger partial charge in [-0.15, -0.1) is 0 Å². The predicted octanol–water partition coefficient (Wildman–Crippen LogP) is 5.14. The zero-order chi connectivity index (χ0) is 24.1. The maximum atomic E-state index is 9.67. The quantitative estimate of drug-likeness (QED) is 0.521. The lowest BCUT2D eigenvalue weighted by molar-refractivity contribution is 0.00819. The van der Waals surface area contributed by atoms with Crippen molar-refractivity contribution in [3.05, 3.63) is 41.6 Å². The van der Waals surface area contributed by atoms with Gasteiger partial charge in [-0.05, 0) is 45.6 Å². The molecule has 0 radical (unpaired) electrons. The van der Waals surface area contributed by atoms with Crippen molar-refractivity contribution in [1.82, 2.24) is 24.7 Å². The molecule has 0 spiro atoms. The minimum absolute atomic E-state index is 0.555. The number of morpholine rings is 1. The summed E-state index contributed by atoms with van der Waals surface area (Å²) in [6.45, 7) is 3.75. The van der Waals surface area contributed by atoms with E-state index in [9.17, 15) is 13.2 Å². The Balaban J connectivity index is 0.000000187. The number of aromatic nitrogens is 5.